The van der Waals surface area contributed by atoms with Crippen LogP contribution in [0.15, 0.2) is 22.7 Å². The number of hydrogen-bond donors (Lipinski definition) is 1. The van der Waals surface area contributed by atoms with Crippen LogP contribution in [0.25, 0.3) is 0 Å². The Hall–Kier alpha value is -1.36. The minimum absolute atomic E-state index is 0.0260. The van der Waals surface area contributed by atoms with Crippen molar-refractivity contribution in [1.82, 2.24) is 5.32 Å². The Morgan fingerprint density at radius 2 is 2.00 bits per heavy atom. The maximum atomic E-state index is 12.8. The van der Waals surface area contributed by atoms with E-state index in [9.17, 15) is 9.59 Å². The Bertz CT molecular complexity index is 571. The standard InChI is InChI=1S/C16H21BrN2O2/c1-5-12-15(20)18-14(9(2)3)16(21)19(12)13-7-6-11(17)8-10(13)4/h6-9,12,14H,5H2,1-4H3,(H,18,20). The van der Waals surface area contributed by atoms with Crippen molar-refractivity contribution in [1.29, 1.82) is 0 Å². The van der Waals surface area contributed by atoms with Crippen LogP contribution in [0.4, 0.5) is 5.69 Å². The van der Waals surface area contributed by atoms with E-state index in [0.717, 1.165) is 15.7 Å². The van der Waals surface area contributed by atoms with E-state index in [1.54, 1.807) is 4.90 Å². The number of amides is 2. The fourth-order valence-corrected chi connectivity index (χ4v) is 3.20. The number of aryl methyl sites for hydroxylation is 1. The van der Waals surface area contributed by atoms with E-state index in [0.29, 0.717) is 6.42 Å². The van der Waals surface area contributed by atoms with Crippen LogP contribution in [0.3, 0.4) is 0 Å². The van der Waals surface area contributed by atoms with Gasteiger partial charge in [0.1, 0.15) is 12.1 Å². The molecule has 0 saturated carbocycles. The van der Waals surface area contributed by atoms with Gasteiger partial charge in [-0.05, 0) is 43.0 Å². The van der Waals surface area contributed by atoms with Crippen molar-refractivity contribution in [3.63, 3.8) is 0 Å². The van der Waals surface area contributed by atoms with E-state index in [1.165, 1.54) is 0 Å². The van der Waals surface area contributed by atoms with Crippen LogP contribution in [0.2, 0.25) is 0 Å². The predicted molar refractivity (Wildman–Crippen MR) is 87.2 cm³/mol. The second-order valence-electron chi connectivity index (χ2n) is 5.79. The molecule has 5 heteroatoms. The number of halogens is 1. The summed E-state index contributed by atoms with van der Waals surface area (Å²) in [5.74, 6) is -0.0301. The molecule has 1 fully saturated rings. The van der Waals surface area contributed by atoms with Gasteiger partial charge in [-0.1, -0.05) is 36.7 Å². The smallest absolute Gasteiger partial charge is 0.250 e. The molecule has 2 rings (SSSR count). The zero-order chi connectivity index (χ0) is 15.7. The number of benzene rings is 1. The van der Waals surface area contributed by atoms with Gasteiger partial charge in [0.15, 0.2) is 0 Å². The minimum atomic E-state index is -0.455. The third-order valence-electron chi connectivity index (χ3n) is 3.89. The van der Waals surface area contributed by atoms with E-state index >= 15 is 0 Å². The highest BCUT2D eigenvalue weighted by molar-refractivity contribution is 9.10. The molecule has 1 N–H and O–H groups in total. The molecule has 4 nitrogen and oxygen atoms in total. The van der Waals surface area contributed by atoms with Crippen LogP contribution in [0.1, 0.15) is 32.8 Å². The van der Waals surface area contributed by atoms with Crippen LogP contribution in [0, 0.1) is 12.8 Å². The molecule has 0 spiro atoms. The summed E-state index contributed by atoms with van der Waals surface area (Å²) in [6, 6.07) is 4.87. The fourth-order valence-electron chi connectivity index (χ4n) is 2.73. The van der Waals surface area contributed by atoms with Gasteiger partial charge < -0.3 is 5.32 Å². The highest BCUT2D eigenvalue weighted by Crippen LogP contribution is 2.29. The van der Waals surface area contributed by atoms with Crippen molar-refractivity contribution in [2.75, 3.05) is 4.90 Å². The molecule has 1 saturated heterocycles. The summed E-state index contributed by atoms with van der Waals surface area (Å²) >= 11 is 3.43. The number of piperazine rings is 1. The minimum Gasteiger partial charge on any atom is -0.342 e. The van der Waals surface area contributed by atoms with E-state index in [4.69, 9.17) is 0 Å². The number of hydrogen-bond acceptors (Lipinski definition) is 2. The lowest BCUT2D eigenvalue weighted by Gasteiger charge is -2.40. The first-order valence-electron chi connectivity index (χ1n) is 7.26. The number of carbonyl (C=O) groups is 2. The van der Waals surface area contributed by atoms with Crippen LogP contribution in [-0.4, -0.2) is 23.9 Å². The normalized spacial score (nSPS) is 22.7. The predicted octanol–water partition coefficient (Wildman–Crippen LogP) is 3.02. The third kappa shape index (κ3) is 2.98. The summed E-state index contributed by atoms with van der Waals surface area (Å²) in [6.45, 7) is 7.77. The van der Waals surface area contributed by atoms with Crippen molar-refractivity contribution >= 4 is 33.4 Å². The van der Waals surface area contributed by atoms with Gasteiger partial charge in [-0.2, -0.15) is 0 Å². The third-order valence-corrected chi connectivity index (χ3v) is 4.38. The molecular weight excluding hydrogens is 332 g/mol. The van der Waals surface area contributed by atoms with Crippen molar-refractivity contribution in [3.05, 3.63) is 28.2 Å². The highest BCUT2D eigenvalue weighted by atomic mass is 79.9. The van der Waals surface area contributed by atoms with Crippen molar-refractivity contribution in [3.8, 4) is 0 Å². The first-order chi connectivity index (χ1) is 9.86. The Labute approximate surface area is 134 Å². The second-order valence-corrected chi connectivity index (χ2v) is 6.71. The first-order valence-corrected chi connectivity index (χ1v) is 8.05. The zero-order valence-corrected chi connectivity index (χ0v) is 14.4. The highest BCUT2D eigenvalue weighted by Gasteiger charge is 2.41. The molecule has 114 valence electrons. The van der Waals surface area contributed by atoms with Crippen LogP contribution < -0.4 is 10.2 Å². The van der Waals surface area contributed by atoms with E-state index in [-0.39, 0.29) is 17.7 Å². The summed E-state index contributed by atoms with van der Waals surface area (Å²) < 4.78 is 0.964. The Morgan fingerprint density at radius 1 is 1.33 bits per heavy atom. The molecule has 0 bridgehead atoms. The molecule has 1 aliphatic heterocycles. The summed E-state index contributed by atoms with van der Waals surface area (Å²) in [4.78, 5) is 26.8. The monoisotopic (exact) mass is 352 g/mol. The SMILES string of the molecule is CCC1C(=O)NC(C(C)C)C(=O)N1c1ccc(Br)cc1C. The molecule has 0 radical (unpaired) electrons. The average Bonchev–Trinajstić information content (AvgIpc) is 2.41. The first kappa shape index (κ1) is 16.0. The number of rotatable bonds is 3. The van der Waals surface area contributed by atoms with Gasteiger partial charge in [0.2, 0.25) is 5.91 Å². The molecule has 1 aromatic rings. The van der Waals surface area contributed by atoms with E-state index in [1.807, 2.05) is 45.9 Å². The van der Waals surface area contributed by atoms with E-state index < -0.39 is 12.1 Å². The lowest BCUT2D eigenvalue weighted by Crippen LogP contribution is -2.65. The molecule has 2 atom stereocenters. The Kier molecular flexibility index (Phi) is 4.71. The quantitative estimate of drug-likeness (QED) is 0.908. The Balaban J connectivity index is 2.49. The van der Waals surface area contributed by atoms with Crippen LogP contribution >= 0.6 is 15.9 Å². The lowest BCUT2D eigenvalue weighted by atomic mass is 9.95. The van der Waals surface area contributed by atoms with Crippen molar-refractivity contribution in [2.45, 2.75) is 46.2 Å². The van der Waals surface area contributed by atoms with Gasteiger partial charge in [0.05, 0.1) is 0 Å². The van der Waals surface area contributed by atoms with Crippen LogP contribution in [0.5, 0.6) is 0 Å². The largest absolute Gasteiger partial charge is 0.342 e. The molecule has 21 heavy (non-hydrogen) atoms. The van der Waals surface area contributed by atoms with Crippen molar-refractivity contribution in [2.24, 2.45) is 5.92 Å². The molecule has 2 unspecified atom stereocenters. The maximum Gasteiger partial charge on any atom is 0.250 e. The molecule has 1 aromatic carbocycles. The van der Waals surface area contributed by atoms with E-state index in [2.05, 4.69) is 21.2 Å². The fraction of sp³-hybridized carbons (Fsp3) is 0.500. The molecule has 2 amide bonds. The number of nitrogens with one attached hydrogen (secondary N) is 1. The van der Waals surface area contributed by atoms with Gasteiger partial charge in [-0.15, -0.1) is 0 Å². The van der Waals surface area contributed by atoms with Crippen LogP contribution in [-0.2, 0) is 9.59 Å². The summed E-state index contributed by atoms with van der Waals surface area (Å²) in [7, 11) is 0. The van der Waals surface area contributed by atoms with Gasteiger partial charge in [0, 0.05) is 10.2 Å². The van der Waals surface area contributed by atoms with Crippen molar-refractivity contribution < 1.29 is 9.59 Å². The summed E-state index contributed by atoms with van der Waals surface area (Å²) in [6.07, 6.45) is 0.595. The zero-order valence-electron chi connectivity index (χ0n) is 12.8. The topological polar surface area (TPSA) is 49.4 Å². The summed E-state index contributed by atoms with van der Waals surface area (Å²) in [5, 5.41) is 2.86. The average molecular weight is 353 g/mol. The molecule has 0 aromatic heterocycles. The summed E-state index contributed by atoms with van der Waals surface area (Å²) in [5.41, 5.74) is 1.80. The number of nitrogens with zero attached hydrogens (tertiary/aromatic N) is 1. The van der Waals surface area contributed by atoms with Gasteiger partial charge in [-0.3, -0.25) is 14.5 Å². The molecule has 0 aliphatic carbocycles. The maximum absolute atomic E-state index is 12.8. The Morgan fingerprint density at radius 3 is 2.52 bits per heavy atom. The number of anilines is 1. The molecule has 1 heterocycles. The van der Waals surface area contributed by atoms with Gasteiger partial charge in [-0.25, -0.2) is 0 Å². The second kappa shape index (κ2) is 6.18. The molecular formula is C16H21BrN2O2. The molecule has 1 aliphatic rings. The lowest BCUT2D eigenvalue weighted by molar-refractivity contribution is -0.134. The van der Waals surface area contributed by atoms with Gasteiger partial charge in [0.25, 0.3) is 5.91 Å². The number of carbonyl (C=O) groups excluding carboxylic acids is 2. The van der Waals surface area contributed by atoms with Gasteiger partial charge >= 0.3 is 0 Å².